The highest BCUT2D eigenvalue weighted by Gasteiger charge is 2.30. The normalized spacial score (nSPS) is 27.0. The maximum absolute atomic E-state index is 12.1. The average Bonchev–Trinajstić information content (AvgIpc) is 2.48. The highest BCUT2D eigenvalue weighted by atomic mass is 16.6. The summed E-state index contributed by atoms with van der Waals surface area (Å²) in [4.78, 5) is 14.0. The predicted molar refractivity (Wildman–Crippen MR) is 93.6 cm³/mol. The third kappa shape index (κ3) is 5.96. The highest BCUT2D eigenvalue weighted by Crippen LogP contribution is 2.25. The van der Waals surface area contributed by atoms with Gasteiger partial charge in [-0.3, -0.25) is 0 Å². The van der Waals surface area contributed by atoms with E-state index in [0.29, 0.717) is 12.1 Å². The van der Waals surface area contributed by atoms with Crippen molar-refractivity contribution in [3.05, 3.63) is 0 Å². The summed E-state index contributed by atoms with van der Waals surface area (Å²) in [5.41, 5.74) is -0.408. The second-order valence-electron chi connectivity index (χ2n) is 8.12. The van der Waals surface area contributed by atoms with Gasteiger partial charge in [-0.2, -0.15) is 0 Å². The van der Waals surface area contributed by atoms with Gasteiger partial charge in [-0.1, -0.05) is 12.8 Å². The van der Waals surface area contributed by atoms with Crippen LogP contribution >= 0.6 is 0 Å². The summed E-state index contributed by atoms with van der Waals surface area (Å²) in [7, 11) is 2.05. The van der Waals surface area contributed by atoms with Gasteiger partial charge in [-0.25, -0.2) is 4.79 Å². The molecule has 2 rings (SSSR count). The number of rotatable bonds is 4. The summed E-state index contributed by atoms with van der Waals surface area (Å²) in [6.07, 6.45) is 7.22. The Morgan fingerprint density at radius 2 is 1.78 bits per heavy atom. The number of likely N-dealkylation sites (tertiary alicyclic amines) is 1. The molecule has 1 heterocycles. The largest absolute Gasteiger partial charge is 0.444 e. The van der Waals surface area contributed by atoms with Crippen molar-refractivity contribution in [3.8, 4) is 0 Å². The molecule has 0 aromatic heterocycles. The quantitative estimate of drug-likeness (QED) is 0.834. The van der Waals surface area contributed by atoms with E-state index in [1.165, 1.54) is 25.7 Å². The number of carbonyl (C=O) groups is 1. The molecule has 1 aliphatic carbocycles. The van der Waals surface area contributed by atoms with Crippen molar-refractivity contribution in [3.63, 3.8) is 0 Å². The number of nitrogens with one attached hydrogen (secondary N) is 2. The lowest BCUT2D eigenvalue weighted by molar-refractivity contribution is 0.0191. The molecule has 0 bridgehead atoms. The van der Waals surface area contributed by atoms with Gasteiger partial charge in [0, 0.05) is 25.2 Å². The van der Waals surface area contributed by atoms with Crippen LogP contribution in [0.1, 0.15) is 59.3 Å². The SMILES string of the molecule is CNC[C@H]1CCCC[C@@H]1NC1CCN(C(=O)OC(C)(C)C)CC1. The molecule has 0 spiro atoms. The Bertz CT molecular complexity index is 371. The first kappa shape index (κ1) is 18.5. The van der Waals surface area contributed by atoms with Crippen LogP contribution in [0.2, 0.25) is 0 Å². The van der Waals surface area contributed by atoms with Gasteiger partial charge in [0.25, 0.3) is 0 Å². The molecule has 0 radical (unpaired) electrons. The minimum Gasteiger partial charge on any atom is -0.444 e. The lowest BCUT2D eigenvalue weighted by atomic mass is 9.83. The number of piperidine rings is 1. The molecular weight excluding hydrogens is 290 g/mol. The van der Waals surface area contributed by atoms with Crippen LogP contribution in [0.25, 0.3) is 0 Å². The molecule has 5 heteroatoms. The monoisotopic (exact) mass is 325 g/mol. The van der Waals surface area contributed by atoms with Gasteiger partial charge in [0.1, 0.15) is 5.60 Å². The summed E-state index contributed by atoms with van der Waals surface area (Å²) in [6.45, 7) is 8.47. The van der Waals surface area contributed by atoms with Crippen molar-refractivity contribution in [1.82, 2.24) is 15.5 Å². The fourth-order valence-electron chi connectivity index (χ4n) is 3.79. The molecule has 23 heavy (non-hydrogen) atoms. The van der Waals surface area contributed by atoms with Crippen LogP contribution in [0, 0.1) is 5.92 Å². The lowest BCUT2D eigenvalue weighted by Crippen LogP contribution is -2.52. The van der Waals surface area contributed by atoms with Crippen molar-refractivity contribution >= 4 is 6.09 Å². The Morgan fingerprint density at radius 1 is 1.13 bits per heavy atom. The first-order valence-corrected chi connectivity index (χ1v) is 9.27. The molecule has 1 saturated heterocycles. The van der Waals surface area contributed by atoms with E-state index in [-0.39, 0.29) is 6.09 Å². The van der Waals surface area contributed by atoms with E-state index in [4.69, 9.17) is 4.74 Å². The van der Waals surface area contributed by atoms with Crippen molar-refractivity contribution in [2.45, 2.75) is 77.0 Å². The maximum Gasteiger partial charge on any atom is 0.410 e. The van der Waals surface area contributed by atoms with E-state index in [1.807, 2.05) is 32.7 Å². The van der Waals surface area contributed by atoms with Crippen LogP contribution in [-0.4, -0.2) is 55.4 Å². The number of amides is 1. The molecule has 2 atom stereocenters. The molecule has 134 valence electrons. The molecule has 0 aromatic rings. The van der Waals surface area contributed by atoms with E-state index in [9.17, 15) is 4.79 Å². The molecule has 5 nitrogen and oxygen atoms in total. The van der Waals surface area contributed by atoms with Gasteiger partial charge in [0.15, 0.2) is 0 Å². The summed E-state index contributed by atoms with van der Waals surface area (Å²) in [6, 6.07) is 1.17. The summed E-state index contributed by atoms with van der Waals surface area (Å²) >= 11 is 0. The van der Waals surface area contributed by atoms with Gasteiger partial charge < -0.3 is 20.3 Å². The number of nitrogens with zero attached hydrogens (tertiary/aromatic N) is 1. The van der Waals surface area contributed by atoms with E-state index in [2.05, 4.69) is 10.6 Å². The fraction of sp³-hybridized carbons (Fsp3) is 0.944. The zero-order valence-corrected chi connectivity index (χ0v) is 15.4. The second kappa shape index (κ2) is 8.34. The van der Waals surface area contributed by atoms with Crippen LogP contribution < -0.4 is 10.6 Å². The van der Waals surface area contributed by atoms with Gasteiger partial charge >= 0.3 is 6.09 Å². The molecule has 1 saturated carbocycles. The summed E-state index contributed by atoms with van der Waals surface area (Å²) in [5.74, 6) is 0.748. The molecule has 2 N–H and O–H groups in total. The van der Waals surface area contributed by atoms with Gasteiger partial charge in [0.2, 0.25) is 0 Å². The third-order valence-corrected chi connectivity index (χ3v) is 4.97. The van der Waals surface area contributed by atoms with Crippen molar-refractivity contribution in [2.24, 2.45) is 5.92 Å². The van der Waals surface area contributed by atoms with Crippen molar-refractivity contribution in [2.75, 3.05) is 26.7 Å². The second-order valence-corrected chi connectivity index (χ2v) is 8.12. The van der Waals surface area contributed by atoms with Gasteiger partial charge in [-0.15, -0.1) is 0 Å². The van der Waals surface area contributed by atoms with E-state index < -0.39 is 5.60 Å². The molecular formula is C18H35N3O2. The third-order valence-electron chi connectivity index (χ3n) is 4.97. The fourth-order valence-corrected chi connectivity index (χ4v) is 3.79. The topological polar surface area (TPSA) is 53.6 Å². The highest BCUT2D eigenvalue weighted by molar-refractivity contribution is 5.68. The number of carbonyl (C=O) groups excluding carboxylic acids is 1. The zero-order valence-electron chi connectivity index (χ0n) is 15.4. The summed E-state index contributed by atoms with van der Waals surface area (Å²) < 4.78 is 5.47. The molecule has 1 amide bonds. The zero-order chi connectivity index (χ0) is 16.9. The molecule has 2 aliphatic rings. The Labute approximate surface area is 141 Å². The molecule has 0 aromatic carbocycles. The minimum absolute atomic E-state index is 0.165. The molecule has 0 unspecified atom stereocenters. The van der Waals surface area contributed by atoms with Crippen LogP contribution in [0.4, 0.5) is 4.79 Å². The number of ether oxygens (including phenoxy) is 1. The average molecular weight is 325 g/mol. The van der Waals surface area contributed by atoms with Crippen LogP contribution in [0.3, 0.4) is 0 Å². The molecule has 2 fully saturated rings. The lowest BCUT2D eigenvalue weighted by Gasteiger charge is -2.39. The molecule has 1 aliphatic heterocycles. The Hall–Kier alpha value is -0.810. The van der Waals surface area contributed by atoms with Gasteiger partial charge in [0.05, 0.1) is 0 Å². The van der Waals surface area contributed by atoms with Crippen LogP contribution in [-0.2, 0) is 4.74 Å². The smallest absolute Gasteiger partial charge is 0.410 e. The predicted octanol–water partition coefficient (Wildman–Crippen LogP) is 2.75. The Morgan fingerprint density at radius 3 is 2.39 bits per heavy atom. The van der Waals surface area contributed by atoms with E-state index in [0.717, 1.165) is 38.4 Å². The first-order valence-electron chi connectivity index (χ1n) is 9.27. The number of hydrogen-bond donors (Lipinski definition) is 2. The first-order chi connectivity index (χ1) is 10.9. The number of hydrogen-bond acceptors (Lipinski definition) is 4. The van der Waals surface area contributed by atoms with Crippen LogP contribution in [0.5, 0.6) is 0 Å². The maximum atomic E-state index is 12.1. The Kier molecular flexibility index (Phi) is 6.72. The standard InChI is InChI=1S/C18H35N3O2/c1-18(2,3)23-17(22)21-11-9-15(10-12-21)20-16-8-6-5-7-14(16)13-19-4/h14-16,19-20H,5-13H2,1-4H3/t14-,16+/m1/s1. The van der Waals surface area contributed by atoms with Gasteiger partial charge in [-0.05, 0) is 66.0 Å². The minimum atomic E-state index is -0.408. The van der Waals surface area contributed by atoms with Crippen molar-refractivity contribution < 1.29 is 9.53 Å². The van der Waals surface area contributed by atoms with Crippen LogP contribution in [0.15, 0.2) is 0 Å². The van der Waals surface area contributed by atoms with Crippen molar-refractivity contribution in [1.29, 1.82) is 0 Å². The van der Waals surface area contributed by atoms with E-state index >= 15 is 0 Å². The Balaban J connectivity index is 1.76. The summed E-state index contributed by atoms with van der Waals surface area (Å²) in [5, 5.41) is 7.22. The van der Waals surface area contributed by atoms with E-state index in [1.54, 1.807) is 0 Å².